The number of aliphatic hydroxyl groups is 1. The number of carbonyl (C=O) groups excluding carboxylic acids is 5. The molecule has 0 aliphatic carbocycles. The van der Waals surface area contributed by atoms with Crippen LogP contribution in [0.3, 0.4) is 0 Å². The highest BCUT2D eigenvalue weighted by molar-refractivity contribution is 6.23. The minimum absolute atomic E-state index is 0.0867. The molecule has 3 N–H and O–H groups in total. The maximum Gasteiger partial charge on any atom is 0.262 e. The lowest BCUT2D eigenvalue weighted by atomic mass is 10.0. The molecule has 1 fully saturated rings. The summed E-state index contributed by atoms with van der Waals surface area (Å²) in [6.07, 6.45) is 7.02. The first-order valence-corrected chi connectivity index (χ1v) is 11.6. The minimum Gasteiger partial charge on any atom is -0.387 e. The van der Waals surface area contributed by atoms with Gasteiger partial charge in [-0.15, -0.1) is 0 Å². The van der Waals surface area contributed by atoms with Crippen LogP contribution in [0.4, 0.5) is 0 Å². The molecule has 2 heterocycles. The number of fused-ring (bicyclic) bond motifs is 1. The van der Waals surface area contributed by atoms with E-state index in [0.29, 0.717) is 12.1 Å². The van der Waals surface area contributed by atoms with Gasteiger partial charge in [-0.1, -0.05) is 37.5 Å². The topological polar surface area (TPSA) is 133 Å². The molecule has 1 unspecified atom stereocenters. The number of amides is 5. The molecule has 0 bridgehead atoms. The van der Waals surface area contributed by atoms with E-state index in [-0.39, 0.29) is 29.9 Å². The van der Waals surface area contributed by atoms with E-state index in [2.05, 4.69) is 22.5 Å². The van der Waals surface area contributed by atoms with Gasteiger partial charge in [-0.3, -0.25) is 34.2 Å². The summed E-state index contributed by atoms with van der Waals surface area (Å²) < 4.78 is 0. The standard InChI is InChI=1S/C25H29N3O6/c29-16-22(31)26-14-8-6-4-2-1-3-5-7-9-17-10-11-18-19(15-17)25(34)28(24(18)33)20-12-13-21(30)27-23(20)32/h10-11,15,20,29H,1-6,8,12-14,16H2,(H,26,31)(H,27,30,32). The predicted octanol–water partition coefficient (Wildman–Crippen LogP) is 1.28. The number of nitrogens with one attached hydrogen (secondary N) is 2. The number of imide groups is 2. The molecule has 0 saturated carbocycles. The van der Waals surface area contributed by atoms with E-state index < -0.39 is 36.3 Å². The molecule has 0 radical (unpaired) electrons. The van der Waals surface area contributed by atoms with Gasteiger partial charge in [0.05, 0.1) is 11.1 Å². The number of rotatable bonds is 10. The highest BCUT2D eigenvalue weighted by atomic mass is 16.3. The lowest BCUT2D eigenvalue weighted by Crippen LogP contribution is -2.54. The summed E-state index contributed by atoms with van der Waals surface area (Å²) >= 11 is 0. The van der Waals surface area contributed by atoms with Gasteiger partial charge in [0.2, 0.25) is 17.7 Å². The Labute approximate surface area is 198 Å². The zero-order valence-corrected chi connectivity index (χ0v) is 19.0. The molecule has 1 aromatic carbocycles. The van der Waals surface area contributed by atoms with Gasteiger partial charge in [-0.2, -0.15) is 0 Å². The van der Waals surface area contributed by atoms with E-state index in [1.54, 1.807) is 18.2 Å². The Morgan fingerprint density at radius 3 is 2.47 bits per heavy atom. The molecular formula is C25H29N3O6. The third-order valence-electron chi connectivity index (χ3n) is 5.87. The maximum absolute atomic E-state index is 12.8. The first-order valence-electron chi connectivity index (χ1n) is 11.6. The van der Waals surface area contributed by atoms with Crippen LogP contribution in [0.1, 0.15) is 84.1 Å². The highest BCUT2D eigenvalue weighted by Crippen LogP contribution is 2.28. The lowest BCUT2D eigenvalue weighted by Gasteiger charge is -2.27. The predicted molar refractivity (Wildman–Crippen MR) is 122 cm³/mol. The number of piperidine rings is 1. The maximum atomic E-state index is 12.8. The summed E-state index contributed by atoms with van der Waals surface area (Å²) in [6.45, 7) is 0.118. The number of hydrogen-bond acceptors (Lipinski definition) is 6. The Morgan fingerprint density at radius 1 is 1.03 bits per heavy atom. The van der Waals surface area contributed by atoms with Crippen molar-refractivity contribution >= 4 is 29.5 Å². The Balaban J connectivity index is 1.43. The Morgan fingerprint density at radius 2 is 1.74 bits per heavy atom. The SMILES string of the molecule is O=C(CO)NCCCCCCCCC#Cc1ccc2c(c1)C(=O)N(C1CCC(=O)NC1=O)C2=O. The molecule has 5 amide bonds. The van der Waals surface area contributed by atoms with Crippen LogP contribution in [-0.2, 0) is 14.4 Å². The Hall–Kier alpha value is -3.51. The quantitative estimate of drug-likeness (QED) is 0.270. The fraction of sp³-hybridized carbons (Fsp3) is 0.480. The fourth-order valence-corrected chi connectivity index (χ4v) is 4.04. The van der Waals surface area contributed by atoms with Crippen molar-refractivity contribution in [3.05, 3.63) is 34.9 Å². The van der Waals surface area contributed by atoms with Gasteiger partial charge in [0.15, 0.2) is 0 Å². The van der Waals surface area contributed by atoms with E-state index in [0.717, 1.165) is 49.8 Å². The molecule has 9 heteroatoms. The molecule has 0 spiro atoms. The second-order valence-corrected chi connectivity index (χ2v) is 8.39. The number of benzene rings is 1. The van der Waals surface area contributed by atoms with Crippen molar-refractivity contribution in [1.82, 2.24) is 15.5 Å². The van der Waals surface area contributed by atoms with Crippen molar-refractivity contribution in [2.24, 2.45) is 0 Å². The lowest BCUT2D eigenvalue weighted by molar-refractivity contribution is -0.136. The second kappa shape index (κ2) is 12.1. The van der Waals surface area contributed by atoms with E-state index in [1.807, 2.05) is 0 Å². The smallest absolute Gasteiger partial charge is 0.262 e. The van der Waals surface area contributed by atoms with Crippen LogP contribution in [0.2, 0.25) is 0 Å². The summed E-state index contributed by atoms with van der Waals surface area (Å²) in [6, 6.07) is 3.87. The molecular weight excluding hydrogens is 438 g/mol. The van der Waals surface area contributed by atoms with Gasteiger partial charge in [-0.25, -0.2) is 0 Å². The van der Waals surface area contributed by atoms with Crippen LogP contribution >= 0.6 is 0 Å². The van der Waals surface area contributed by atoms with Crippen LogP contribution < -0.4 is 10.6 Å². The van der Waals surface area contributed by atoms with Gasteiger partial charge in [0, 0.05) is 24.9 Å². The van der Waals surface area contributed by atoms with Gasteiger partial charge in [-0.05, 0) is 37.5 Å². The largest absolute Gasteiger partial charge is 0.387 e. The third kappa shape index (κ3) is 6.29. The molecule has 180 valence electrons. The fourth-order valence-electron chi connectivity index (χ4n) is 4.04. The van der Waals surface area contributed by atoms with Crippen LogP contribution in [0.25, 0.3) is 0 Å². The first-order chi connectivity index (χ1) is 16.4. The monoisotopic (exact) mass is 467 g/mol. The Bertz CT molecular complexity index is 1040. The molecule has 0 aromatic heterocycles. The minimum atomic E-state index is -0.973. The number of unbranched alkanes of at least 4 members (excludes halogenated alkanes) is 6. The van der Waals surface area contributed by atoms with Gasteiger partial charge < -0.3 is 10.4 Å². The summed E-state index contributed by atoms with van der Waals surface area (Å²) in [5, 5.41) is 13.4. The van der Waals surface area contributed by atoms with Crippen LogP contribution in [0.15, 0.2) is 18.2 Å². The van der Waals surface area contributed by atoms with Crippen molar-refractivity contribution in [2.75, 3.05) is 13.2 Å². The highest BCUT2D eigenvalue weighted by Gasteiger charge is 2.44. The molecule has 9 nitrogen and oxygen atoms in total. The van der Waals surface area contributed by atoms with Crippen LogP contribution in [0.5, 0.6) is 0 Å². The molecule has 34 heavy (non-hydrogen) atoms. The zero-order valence-electron chi connectivity index (χ0n) is 19.0. The van der Waals surface area contributed by atoms with Gasteiger partial charge in [0.1, 0.15) is 12.6 Å². The van der Waals surface area contributed by atoms with E-state index >= 15 is 0 Å². The first kappa shape index (κ1) is 25.1. The summed E-state index contributed by atoms with van der Waals surface area (Å²) in [4.78, 5) is 60.9. The molecule has 2 aliphatic rings. The number of nitrogens with zero attached hydrogens (tertiary/aromatic N) is 1. The molecule has 1 atom stereocenters. The summed E-state index contributed by atoms with van der Waals surface area (Å²) in [5.41, 5.74) is 1.11. The van der Waals surface area contributed by atoms with E-state index in [4.69, 9.17) is 5.11 Å². The van der Waals surface area contributed by atoms with Crippen LogP contribution in [0, 0.1) is 11.8 Å². The third-order valence-corrected chi connectivity index (χ3v) is 5.87. The zero-order chi connectivity index (χ0) is 24.5. The molecule has 2 aliphatic heterocycles. The summed E-state index contributed by atoms with van der Waals surface area (Å²) in [5.74, 6) is 3.71. The number of aliphatic hydroxyl groups excluding tert-OH is 1. The van der Waals surface area contributed by atoms with Gasteiger partial charge >= 0.3 is 0 Å². The Kier molecular flexibility index (Phi) is 8.93. The average molecular weight is 468 g/mol. The van der Waals surface area contributed by atoms with Crippen molar-refractivity contribution in [3.63, 3.8) is 0 Å². The summed E-state index contributed by atoms with van der Waals surface area (Å²) in [7, 11) is 0. The number of carbonyl (C=O) groups is 5. The molecule has 3 rings (SSSR count). The van der Waals surface area contributed by atoms with Crippen molar-refractivity contribution in [2.45, 2.75) is 63.8 Å². The average Bonchev–Trinajstić information content (AvgIpc) is 3.07. The molecule has 1 saturated heterocycles. The van der Waals surface area contributed by atoms with Crippen molar-refractivity contribution in [3.8, 4) is 11.8 Å². The molecule has 1 aromatic rings. The van der Waals surface area contributed by atoms with Gasteiger partial charge in [0.25, 0.3) is 11.8 Å². The normalized spacial score (nSPS) is 17.2. The number of hydrogen-bond donors (Lipinski definition) is 3. The van der Waals surface area contributed by atoms with Crippen LogP contribution in [-0.4, -0.2) is 58.7 Å². The van der Waals surface area contributed by atoms with Crippen molar-refractivity contribution < 1.29 is 29.1 Å². The van der Waals surface area contributed by atoms with Crippen molar-refractivity contribution in [1.29, 1.82) is 0 Å². The van der Waals surface area contributed by atoms with E-state index in [1.165, 1.54) is 0 Å². The second-order valence-electron chi connectivity index (χ2n) is 8.39. The van der Waals surface area contributed by atoms with E-state index in [9.17, 15) is 24.0 Å².